The summed E-state index contributed by atoms with van der Waals surface area (Å²) >= 11 is 0. The number of alkyl halides is 3. The number of fused-ring (bicyclic) bond motifs is 1. The Morgan fingerprint density at radius 2 is 2.17 bits per heavy atom. The van der Waals surface area contributed by atoms with Gasteiger partial charge < -0.3 is 4.74 Å². The van der Waals surface area contributed by atoms with Gasteiger partial charge in [0, 0.05) is 5.71 Å². The van der Waals surface area contributed by atoms with Crippen molar-refractivity contribution >= 4 is 11.7 Å². The minimum atomic E-state index is -4.58. The topological polar surface area (TPSA) is 38.7 Å². The first kappa shape index (κ1) is 7.57. The van der Waals surface area contributed by atoms with Gasteiger partial charge in [-0.2, -0.15) is 13.2 Å². The zero-order valence-corrected chi connectivity index (χ0v) is 5.97. The Balaban J connectivity index is 2.35. The molecule has 66 valence electrons. The molecule has 2 aliphatic heterocycles. The number of nitrogens with zero attached hydrogens (tertiary/aromatic N) is 1. The molecule has 2 aliphatic rings. The lowest BCUT2D eigenvalue weighted by Gasteiger charge is -2.51. The van der Waals surface area contributed by atoms with Crippen molar-refractivity contribution in [3.63, 3.8) is 0 Å². The quantitative estimate of drug-likeness (QED) is 0.518. The number of ether oxygens (including phenoxy) is 1. The predicted octanol–water partition coefficient (Wildman–Crippen LogP) is 0.893. The van der Waals surface area contributed by atoms with Crippen LogP contribution in [0, 0.1) is 5.92 Å². The monoisotopic (exact) mass is 179 g/mol. The molecular weight excluding hydrogens is 175 g/mol. The minimum Gasteiger partial charge on any atom is -0.425 e. The lowest BCUT2D eigenvalue weighted by atomic mass is 9.79. The summed E-state index contributed by atoms with van der Waals surface area (Å²) < 4.78 is 40.5. The molecule has 0 amide bonds. The molecular formula is C6H4F3NO2. The van der Waals surface area contributed by atoms with Crippen molar-refractivity contribution in [1.29, 1.82) is 0 Å². The highest BCUT2D eigenvalue weighted by atomic mass is 19.4. The molecule has 1 saturated heterocycles. The van der Waals surface area contributed by atoms with Crippen molar-refractivity contribution in [3.8, 4) is 0 Å². The lowest BCUT2D eigenvalue weighted by molar-refractivity contribution is -0.320. The molecule has 2 unspecified atom stereocenters. The number of aliphatic imine (C=N–C) groups is 1. The number of carbonyl (C=O) groups excluding carboxylic acids is 1. The Morgan fingerprint density at radius 1 is 1.58 bits per heavy atom. The Labute approximate surface area is 65.2 Å². The fourth-order valence-electron chi connectivity index (χ4n) is 1.46. The maximum atomic E-state index is 12.1. The second-order valence-electron chi connectivity index (χ2n) is 2.80. The number of hydrogen-bond donors (Lipinski definition) is 0. The van der Waals surface area contributed by atoms with E-state index < -0.39 is 23.8 Å². The first-order valence-corrected chi connectivity index (χ1v) is 3.24. The van der Waals surface area contributed by atoms with Crippen LogP contribution in [0.25, 0.3) is 0 Å². The van der Waals surface area contributed by atoms with Gasteiger partial charge >= 0.3 is 17.9 Å². The Bertz CT molecular complexity index is 296. The van der Waals surface area contributed by atoms with E-state index in [9.17, 15) is 18.0 Å². The molecule has 2 rings (SSSR count). The highest BCUT2D eigenvalue weighted by Gasteiger charge is 2.78. The van der Waals surface area contributed by atoms with Gasteiger partial charge in [-0.15, -0.1) is 0 Å². The van der Waals surface area contributed by atoms with E-state index in [1.54, 1.807) is 0 Å². The van der Waals surface area contributed by atoms with Crippen molar-refractivity contribution in [2.45, 2.75) is 18.8 Å². The number of rotatable bonds is 0. The van der Waals surface area contributed by atoms with E-state index in [4.69, 9.17) is 0 Å². The number of halogens is 3. The van der Waals surface area contributed by atoms with Crippen LogP contribution in [0.2, 0.25) is 0 Å². The molecule has 0 radical (unpaired) electrons. The van der Waals surface area contributed by atoms with Gasteiger partial charge in [0.1, 0.15) is 0 Å². The number of hydrogen-bond acceptors (Lipinski definition) is 3. The maximum Gasteiger partial charge on any atom is 0.451 e. The van der Waals surface area contributed by atoms with E-state index in [0.29, 0.717) is 0 Å². The van der Waals surface area contributed by atoms with Gasteiger partial charge in [0.05, 0.1) is 0 Å². The van der Waals surface area contributed by atoms with Gasteiger partial charge in [0.2, 0.25) is 0 Å². The molecule has 6 heteroatoms. The van der Waals surface area contributed by atoms with Gasteiger partial charge in [0.15, 0.2) is 5.92 Å². The average Bonchev–Trinajstić information content (AvgIpc) is 1.80. The fourth-order valence-corrected chi connectivity index (χ4v) is 1.46. The van der Waals surface area contributed by atoms with Gasteiger partial charge in [0.25, 0.3) is 0 Å². The zero-order valence-electron chi connectivity index (χ0n) is 5.97. The maximum absolute atomic E-state index is 12.1. The summed E-state index contributed by atoms with van der Waals surface area (Å²) in [5.74, 6) is -2.02. The summed E-state index contributed by atoms with van der Waals surface area (Å²) in [7, 11) is 0. The molecule has 3 nitrogen and oxygen atoms in total. The van der Waals surface area contributed by atoms with Crippen LogP contribution in [-0.4, -0.2) is 23.6 Å². The number of esters is 1. The minimum absolute atomic E-state index is 0.198. The van der Waals surface area contributed by atoms with Gasteiger partial charge in [-0.25, -0.2) is 4.99 Å². The third-order valence-corrected chi connectivity index (χ3v) is 2.05. The molecule has 12 heavy (non-hydrogen) atoms. The van der Waals surface area contributed by atoms with Gasteiger partial charge in [-0.3, -0.25) is 4.79 Å². The Hall–Kier alpha value is -1.07. The molecule has 0 bridgehead atoms. The third-order valence-electron chi connectivity index (χ3n) is 2.05. The van der Waals surface area contributed by atoms with Crippen molar-refractivity contribution in [1.82, 2.24) is 0 Å². The summed E-state index contributed by atoms with van der Waals surface area (Å²) in [6.45, 7) is 1.38. The highest BCUT2D eigenvalue weighted by Crippen LogP contribution is 2.54. The Morgan fingerprint density at radius 3 is 2.42 bits per heavy atom. The summed E-state index contributed by atoms with van der Waals surface area (Å²) in [4.78, 5) is 13.7. The van der Waals surface area contributed by atoms with E-state index in [-0.39, 0.29) is 5.71 Å². The summed E-state index contributed by atoms with van der Waals surface area (Å²) in [5, 5.41) is 0. The number of carbonyl (C=O) groups is 1. The second kappa shape index (κ2) is 1.65. The largest absolute Gasteiger partial charge is 0.451 e. The highest BCUT2D eigenvalue weighted by molar-refractivity contribution is 6.10. The van der Waals surface area contributed by atoms with Gasteiger partial charge in [-0.1, -0.05) is 0 Å². The normalized spacial score (nSPS) is 38.8. The van der Waals surface area contributed by atoms with Gasteiger partial charge in [-0.05, 0) is 6.92 Å². The molecule has 0 aliphatic carbocycles. The van der Waals surface area contributed by atoms with Crippen molar-refractivity contribution in [2.24, 2.45) is 10.9 Å². The van der Waals surface area contributed by atoms with Crippen molar-refractivity contribution in [2.75, 3.05) is 0 Å². The molecule has 1 fully saturated rings. The first-order chi connectivity index (χ1) is 5.38. The first-order valence-electron chi connectivity index (χ1n) is 3.24. The molecule has 0 N–H and O–H groups in total. The smallest absolute Gasteiger partial charge is 0.425 e. The molecule has 0 saturated carbocycles. The van der Waals surface area contributed by atoms with Crippen molar-refractivity contribution < 1.29 is 22.7 Å². The average molecular weight is 179 g/mol. The van der Waals surface area contributed by atoms with Crippen LogP contribution in [0.1, 0.15) is 6.92 Å². The van der Waals surface area contributed by atoms with Crippen molar-refractivity contribution in [3.05, 3.63) is 0 Å². The van der Waals surface area contributed by atoms with Crippen LogP contribution in [0.15, 0.2) is 4.99 Å². The van der Waals surface area contributed by atoms with Crippen LogP contribution < -0.4 is 0 Å². The molecule has 2 heterocycles. The predicted molar refractivity (Wildman–Crippen MR) is 31.5 cm³/mol. The van der Waals surface area contributed by atoms with E-state index in [2.05, 4.69) is 9.73 Å². The summed E-state index contributed by atoms with van der Waals surface area (Å²) in [6.07, 6.45) is -4.58. The van der Waals surface area contributed by atoms with Crippen LogP contribution in [0.5, 0.6) is 0 Å². The molecule has 0 aromatic rings. The Kier molecular flexibility index (Phi) is 1.04. The molecule has 2 atom stereocenters. The SMILES string of the molecule is CC1=NC2(C(F)(F)F)OC(=O)C12. The second-order valence-corrected chi connectivity index (χ2v) is 2.80. The summed E-state index contributed by atoms with van der Waals surface area (Å²) in [5.41, 5.74) is -2.32. The van der Waals surface area contributed by atoms with E-state index in [1.165, 1.54) is 6.92 Å². The van der Waals surface area contributed by atoms with E-state index in [0.717, 1.165) is 0 Å². The fraction of sp³-hybridized carbons (Fsp3) is 0.667. The molecule has 0 aromatic carbocycles. The zero-order chi connectivity index (χ0) is 9.15. The summed E-state index contributed by atoms with van der Waals surface area (Å²) in [6, 6.07) is 0. The van der Waals surface area contributed by atoms with Crippen LogP contribution >= 0.6 is 0 Å². The van der Waals surface area contributed by atoms with Crippen LogP contribution in [-0.2, 0) is 9.53 Å². The molecule has 0 aromatic heterocycles. The third kappa shape index (κ3) is 0.551. The standard InChI is InChI=1S/C6H4F3NO2/c1-2-3-4(11)12-5(3,10-2)6(7,8)9/h3H,1H3. The van der Waals surface area contributed by atoms with E-state index in [1.807, 2.05) is 0 Å². The lowest BCUT2D eigenvalue weighted by Crippen LogP contribution is -2.72. The molecule has 0 spiro atoms. The van der Waals surface area contributed by atoms with E-state index >= 15 is 0 Å². The van der Waals surface area contributed by atoms with Crippen LogP contribution in [0.3, 0.4) is 0 Å². The van der Waals surface area contributed by atoms with Crippen LogP contribution in [0.4, 0.5) is 13.2 Å².